The molecule has 106 valence electrons. The summed E-state index contributed by atoms with van der Waals surface area (Å²) in [5.74, 6) is -0.135. The van der Waals surface area contributed by atoms with Gasteiger partial charge in [0, 0.05) is 17.9 Å². The highest BCUT2D eigenvalue weighted by Gasteiger charge is 2.29. The van der Waals surface area contributed by atoms with Crippen molar-refractivity contribution in [3.05, 3.63) is 24.3 Å². The first-order valence-corrected chi connectivity index (χ1v) is 6.62. The Hall–Kier alpha value is -1.92. The lowest BCUT2D eigenvalue weighted by Gasteiger charge is -2.27. The third-order valence-electron chi connectivity index (χ3n) is 3.56. The highest BCUT2D eigenvalue weighted by molar-refractivity contribution is 5.97. The molecule has 0 radical (unpaired) electrons. The van der Waals surface area contributed by atoms with Crippen LogP contribution in [0, 0.1) is 0 Å². The smallest absolute Gasteiger partial charge is 0.253 e. The molecule has 0 spiro atoms. The van der Waals surface area contributed by atoms with Crippen molar-refractivity contribution in [3.8, 4) is 0 Å². The van der Waals surface area contributed by atoms with E-state index in [9.17, 15) is 14.7 Å². The summed E-state index contributed by atoms with van der Waals surface area (Å²) in [6.07, 6.45) is -0.424. The summed E-state index contributed by atoms with van der Waals surface area (Å²) in [7, 11) is 0. The van der Waals surface area contributed by atoms with E-state index in [0.717, 1.165) is 11.4 Å². The fraction of sp³-hybridized carbons (Fsp3) is 0.429. The first kappa shape index (κ1) is 13.1. The van der Waals surface area contributed by atoms with Crippen LogP contribution in [0.3, 0.4) is 0 Å². The van der Waals surface area contributed by atoms with Crippen LogP contribution in [0.2, 0.25) is 0 Å². The topological polar surface area (TPSA) is 70.1 Å². The number of carbonyl (C=O) groups is 2. The van der Waals surface area contributed by atoms with Crippen LogP contribution in [0.15, 0.2) is 24.3 Å². The van der Waals surface area contributed by atoms with Gasteiger partial charge in [0.15, 0.2) is 0 Å². The summed E-state index contributed by atoms with van der Waals surface area (Å²) in [6.45, 7) is 1.51. The SMILES string of the molecule is O=C1COCCN1c1ccc(N2CC(O)CC2=O)cc1. The Balaban J connectivity index is 1.77. The molecule has 2 amide bonds. The van der Waals surface area contributed by atoms with Crippen LogP contribution in [-0.2, 0) is 14.3 Å². The molecule has 0 saturated carbocycles. The second kappa shape index (κ2) is 5.22. The number of aliphatic hydroxyl groups is 1. The van der Waals surface area contributed by atoms with Crippen molar-refractivity contribution < 1.29 is 19.4 Å². The zero-order valence-corrected chi connectivity index (χ0v) is 11.0. The Morgan fingerprint density at radius 3 is 2.25 bits per heavy atom. The third kappa shape index (κ3) is 2.39. The number of β-amino-alcohol motifs (C(OH)–C–C–N with tert-alkyl or cyclic N) is 1. The number of anilines is 2. The first-order valence-electron chi connectivity index (χ1n) is 6.62. The van der Waals surface area contributed by atoms with E-state index in [2.05, 4.69) is 0 Å². The number of morpholine rings is 1. The first-order chi connectivity index (χ1) is 9.65. The molecule has 1 N–H and O–H groups in total. The fourth-order valence-electron chi connectivity index (χ4n) is 2.54. The van der Waals surface area contributed by atoms with Gasteiger partial charge in [-0.1, -0.05) is 0 Å². The van der Waals surface area contributed by atoms with Crippen LogP contribution in [0.1, 0.15) is 6.42 Å². The standard InChI is InChI=1S/C14H16N2O4/c17-12-7-13(18)16(8-12)11-3-1-10(2-4-11)15-5-6-20-9-14(15)19/h1-4,12,17H,5-9H2. The monoisotopic (exact) mass is 276 g/mol. The molecule has 2 heterocycles. The molecule has 0 bridgehead atoms. The van der Waals surface area contributed by atoms with Gasteiger partial charge >= 0.3 is 0 Å². The number of aliphatic hydroxyl groups excluding tert-OH is 1. The minimum Gasteiger partial charge on any atom is -0.391 e. The summed E-state index contributed by atoms with van der Waals surface area (Å²) >= 11 is 0. The molecule has 3 rings (SSSR count). The number of nitrogens with zero attached hydrogens (tertiary/aromatic N) is 2. The number of rotatable bonds is 2. The molecule has 6 heteroatoms. The largest absolute Gasteiger partial charge is 0.391 e. The molecule has 0 aliphatic carbocycles. The zero-order valence-electron chi connectivity index (χ0n) is 11.0. The Bertz CT molecular complexity index is 499. The van der Waals surface area contributed by atoms with Gasteiger partial charge in [0.25, 0.3) is 5.91 Å². The van der Waals surface area contributed by atoms with Crippen molar-refractivity contribution in [2.75, 3.05) is 36.1 Å². The molecule has 2 fully saturated rings. The second-order valence-corrected chi connectivity index (χ2v) is 4.98. The van der Waals surface area contributed by atoms with Crippen molar-refractivity contribution in [2.24, 2.45) is 0 Å². The van der Waals surface area contributed by atoms with Crippen LogP contribution >= 0.6 is 0 Å². The van der Waals surface area contributed by atoms with Crippen LogP contribution in [0.25, 0.3) is 0 Å². The summed E-state index contributed by atoms with van der Waals surface area (Å²) in [4.78, 5) is 26.7. The maximum atomic E-state index is 11.7. The highest BCUT2D eigenvalue weighted by atomic mass is 16.5. The van der Waals surface area contributed by atoms with Gasteiger partial charge in [-0.25, -0.2) is 0 Å². The molecule has 1 unspecified atom stereocenters. The average Bonchev–Trinajstić information content (AvgIpc) is 2.79. The van der Waals surface area contributed by atoms with Crippen LogP contribution in [0.4, 0.5) is 11.4 Å². The zero-order chi connectivity index (χ0) is 14.1. The Labute approximate surface area is 116 Å². The van der Waals surface area contributed by atoms with E-state index >= 15 is 0 Å². The van der Waals surface area contributed by atoms with E-state index in [1.54, 1.807) is 21.9 Å². The van der Waals surface area contributed by atoms with Gasteiger partial charge in [-0.2, -0.15) is 0 Å². The number of amides is 2. The Morgan fingerprint density at radius 2 is 1.70 bits per heavy atom. The molecule has 1 aromatic carbocycles. The molecule has 2 aliphatic heterocycles. The lowest BCUT2D eigenvalue weighted by molar-refractivity contribution is -0.125. The molecule has 2 aliphatic rings. The van der Waals surface area contributed by atoms with E-state index in [4.69, 9.17) is 4.74 Å². The fourth-order valence-corrected chi connectivity index (χ4v) is 2.54. The minimum absolute atomic E-state index is 0.0586. The van der Waals surface area contributed by atoms with Crippen molar-refractivity contribution in [3.63, 3.8) is 0 Å². The second-order valence-electron chi connectivity index (χ2n) is 4.98. The molecule has 20 heavy (non-hydrogen) atoms. The molecular formula is C14H16N2O4. The average molecular weight is 276 g/mol. The highest BCUT2D eigenvalue weighted by Crippen LogP contribution is 2.25. The van der Waals surface area contributed by atoms with E-state index in [0.29, 0.717) is 19.7 Å². The predicted molar refractivity (Wildman–Crippen MR) is 72.6 cm³/mol. The number of hydrogen-bond donors (Lipinski definition) is 1. The van der Waals surface area contributed by atoms with Crippen LogP contribution in [-0.4, -0.2) is 49.3 Å². The quantitative estimate of drug-likeness (QED) is 0.834. The van der Waals surface area contributed by atoms with E-state index < -0.39 is 6.10 Å². The summed E-state index contributed by atoms with van der Waals surface area (Å²) < 4.78 is 5.09. The van der Waals surface area contributed by atoms with Gasteiger partial charge in [0.1, 0.15) is 6.61 Å². The number of ether oxygens (including phenoxy) is 1. The van der Waals surface area contributed by atoms with Gasteiger partial charge in [-0.3, -0.25) is 9.59 Å². The lowest BCUT2D eigenvalue weighted by Crippen LogP contribution is -2.41. The van der Waals surface area contributed by atoms with Gasteiger partial charge in [0.2, 0.25) is 5.91 Å². The van der Waals surface area contributed by atoms with Gasteiger partial charge in [-0.05, 0) is 24.3 Å². The molecule has 0 aromatic heterocycles. The van der Waals surface area contributed by atoms with Crippen molar-refractivity contribution in [1.29, 1.82) is 0 Å². The summed E-state index contributed by atoms with van der Waals surface area (Å²) in [6, 6.07) is 7.23. The predicted octanol–water partition coefficient (Wildman–Crippen LogP) is 0.147. The molecule has 1 aromatic rings. The van der Waals surface area contributed by atoms with E-state index in [-0.39, 0.29) is 24.8 Å². The van der Waals surface area contributed by atoms with Gasteiger partial charge in [-0.15, -0.1) is 0 Å². The maximum Gasteiger partial charge on any atom is 0.253 e. The van der Waals surface area contributed by atoms with Gasteiger partial charge in [0.05, 0.1) is 25.7 Å². The van der Waals surface area contributed by atoms with E-state index in [1.165, 1.54) is 0 Å². The van der Waals surface area contributed by atoms with Crippen LogP contribution < -0.4 is 9.80 Å². The minimum atomic E-state index is -0.594. The van der Waals surface area contributed by atoms with E-state index in [1.807, 2.05) is 12.1 Å². The normalized spacial score (nSPS) is 23.6. The van der Waals surface area contributed by atoms with Crippen molar-refractivity contribution >= 4 is 23.2 Å². The molecule has 1 atom stereocenters. The van der Waals surface area contributed by atoms with Crippen molar-refractivity contribution in [1.82, 2.24) is 0 Å². The molecule has 6 nitrogen and oxygen atoms in total. The Kier molecular flexibility index (Phi) is 3.42. The number of benzene rings is 1. The number of carbonyl (C=O) groups excluding carboxylic acids is 2. The number of hydrogen-bond acceptors (Lipinski definition) is 4. The summed E-state index contributed by atoms with van der Waals surface area (Å²) in [5, 5.41) is 9.50. The molecular weight excluding hydrogens is 260 g/mol. The Morgan fingerprint density at radius 1 is 1.05 bits per heavy atom. The third-order valence-corrected chi connectivity index (χ3v) is 3.56. The summed E-state index contributed by atoms with van der Waals surface area (Å²) in [5.41, 5.74) is 1.55. The van der Waals surface area contributed by atoms with Gasteiger partial charge < -0.3 is 19.6 Å². The van der Waals surface area contributed by atoms with Crippen LogP contribution in [0.5, 0.6) is 0 Å². The lowest BCUT2D eigenvalue weighted by atomic mass is 10.2. The molecule has 2 saturated heterocycles. The van der Waals surface area contributed by atoms with Crippen molar-refractivity contribution in [2.45, 2.75) is 12.5 Å². The maximum absolute atomic E-state index is 11.7.